The molecular formula is C21H25N3O5. The summed E-state index contributed by atoms with van der Waals surface area (Å²) >= 11 is 0. The third-order valence-electron chi connectivity index (χ3n) is 3.85. The highest BCUT2D eigenvalue weighted by Crippen LogP contribution is 2.26. The Bertz CT molecular complexity index is 869. The Morgan fingerprint density at radius 3 is 2.31 bits per heavy atom. The minimum atomic E-state index is -0.845. The van der Waals surface area contributed by atoms with Gasteiger partial charge in [0.2, 0.25) is 0 Å². The van der Waals surface area contributed by atoms with Crippen LogP contribution in [0.25, 0.3) is 0 Å². The van der Waals surface area contributed by atoms with E-state index in [1.54, 1.807) is 42.5 Å². The van der Waals surface area contributed by atoms with E-state index in [1.807, 2.05) is 19.9 Å². The molecule has 0 fully saturated rings. The lowest BCUT2D eigenvalue weighted by atomic mass is 10.1. The van der Waals surface area contributed by atoms with Crippen LogP contribution in [0.2, 0.25) is 0 Å². The third-order valence-corrected chi connectivity index (χ3v) is 3.85. The molecule has 0 aliphatic carbocycles. The average molecular weight is 399 g/mol. The first-order valence-corrected chi connectivity index (χ1v) is 9.21. The van der Waals surface area contributed by atoms with Crippen LogP contribution in [0.3, 0.4) is 0 Å². The van der Waals surface area contributed by atoms with Crippen LogP contribution in [0.1, 0.15) is 29.8 Å². The van der Waals surface area contributed by atoms with E-state index < -0.39 is 17.9 Å². The minimum Gasteiger partial charge on any atom is -0.490 e. The summed E-state index contributed by atoms with van der Waals surface area (Å²) in [7, 11) is 0. The summed E-state index contributed by atoms with van der Waals surface area (Å²) in [4.78, 5) is 36.2. The molecule has 8 heteroatoms. The fourth-order valence-corrected chi connectivity index (χ4v) is 2.39. The molecule has 1 unspecified atom stereocenters. The molecular weight excluding hydrogens is 374 g/mol. The van der Waals surface area contributed by atoms with Crippen LogP contribution in [-0.4, -0.2) is 37.0 Å². The van der Waals surface area contributed by atoms with Gasteiger partial charge in [-0.3, -0.25) is 25.2 Å². The number of aryl methyl sites for hydroxylation is 1. The average Bonchev–Trinajstić information content (AvgIpc) is 2.71. The van der Waals surface area contributed by atoms with Gasteiger partial charge in [-0.15, -0.1) is 0 Å². The fraction of sp³-hybridized carbons (Fsp3) is 0.286. The first kappa shape index (κ1) is 21.7. The molecule has 0 aliphatic rings. The van der Waals surface area contributed by atoms with Crippen LogP contribution in [0.4, 0.5) is 0 Å². The van der Waals surface area contributed by atoms with Crippen molar-refractivity contribution < 1.29 is 23.9 Å². The Hall–Kier alpha value is -3.55. The maximum absolute atomic E-state index is 12.2. The molecule has 8 nitrogen and oxygen atoms in total. The van der Waals surface area contributed by atoms with Crippen molar-refractivity contribution in [2.45, 2.75) is 26.8 Å². The molecule has 154 valence electrons. The standard InChI is InChI=1S/C21H25N3O5/c1-4-28-17-10-5-6-11-18(17)29-13-19(25)23-24-20(26)15(3)22-21(27)16-9-7-8-14(2)12-16/h5-12,15H,4,13H2,1-3H3,(H,22,27)(H,23,25)(H,24,26). The Labute approximate surface area is 169 Å². The number of hydrogen-bond donors (Lipinski definition) is 3. The lowest BCUT2D eigenvalue weighted by Crippen LogP contribution is -2.51. The normalized spacial score (nSPS) is 11.1. The maximum Gasteiger partial charge on any atom is 0.276 e. The summed E-state index contributed by atoms with van der Waals surface area (Å²) in [6.45, 7) is 5.39. The molecule has 0 spiro atoms. The third kappa shape index (κ3) is 6.84. The second-order valence-corrected chi connectivity index (χ2v) is 6.27. The van der Waals surface area contributed by atoms with Crippen molar-refractivity contribution in [1.29, 1.82) is 0 Å². The Balaban J connectivity index is 1.78. The van der Waals surface area contributed by atoms with E-state index >= 15 is 0 Å². The zero-order valence-corrected chi connectivity index (χ0v) is 16.7. The quantitative estimate of drug-likeness (QED) is 0.587. The van der Waals surface area contributed by atoms with Gasteiger partial charge >= 0.3 is 0 Å². The molecule has 0 saturated heterocycles. The van der Waals surface area contributed by atoms with E-state index in [2.05, 4.69) is 16.2 Å². The van der Waals surface area contributed by atoms with Crippen LogP contribution >= 0.6 is 0 Å². The van der Waals surface area contributed by atoms with E-state index in [9.17, 15) is 14.4 Å². The summed E-state index contributed by atoms with van der Waals surface area (Å²) in [5.41, 5.74) is 5.91. The highest BCUT2D eigenvalue weighted by atomic mass is 16.5. The van der Waals surface area contributed by atoms with Gasteiger partial charge in [0.05, 0.1) is 6.61 Å². The van der Waals surface area contributed by atoms with E-state index in [-0.39, 0.29) is 12.5 Å². The van der Waals surface area contributed by atoms with Crippen LogP contribution in [0.5, 0.6) is 11.5 Å². The Morgan fingerprint density at radius 1 is 0.966 bits per heavy atom. The number of benzene rings is 2. The number of hydrazine groups is 1. The second-order valence-electron chi connectivity index (χ2n) is 6.27. The number of carbonyl (C=O) groups excluding carboxylic acids is 3. The van der Waals surface area contributed by atoms with Crippen molar-refractivity contribution in [3.05, 3.63) is 59.7 Å². The van der Waals surface area contributed by atoms with Gasteiger partial charge in [-0.1, -0.05) is 29.8 Å². The van der Waals surface area contributed by atoms with Crippen LogP contribution in [-0.2, 0) is 9.59 Å². The predicted octanol–water partition coefficient (Wildman–Crippen LogP) is 1.74. The van der Waals surface area contributed by atoms with Crippen LogP contribution < -0.4 is 25.6 Å². The van der Waals surface area contributed by atoms with E-state index in [0.717, 1.165) is 5.56 Å². The van der Waals surface area contributed by atoms with Crippen molar-refractivity contribution >= 4 is 17.7 Å². The smallest absolute Gasteiger partial charge is 0.276 e. The Kier molecular flexibility index (Phi) is 8.02. The predicted molar refractivity (Wildman–Crippen MR) is 107 cm³/mol. The lowest BCUT2D eigenvalue weighted by molar-refractivity contribution is -0.130. The monoisotopic (exact) mass is 399 g/mol. The zero-order chi connectivity index (χ0) is 21.2. The van der Waals surface area contributed by atoms with Gasteiger partial charge in [0.15, 0.2) is 18.1 Å². The van der Waals surface area contributed by atoms with Gasteiger partial charge in [-0.05, 0) is 45.0 Å². The molecule has 3 amide bonds. The molecule has 1 atom stereocenters. The van der Waals surface area contributed by atoms with E-state index in [1.165, 1.54) is 6.92 Å². The summed E-state index contributed by atoms with van der Waals surface area (Å²) in [6, 6.07) is 13.1. The first-order valence-electron chi connectivity index (χ1n) is 9.21. The largest absolute Gasteiger partial charge is 0.490 e. The summed E-state index contributed by atoms with van der Waals surface area (Å²) in [6.07, 6.45) is 0. The van der Waals surface area contributed by atoms with Crippen molar-refractivity contribution in [2.75, 3.05) is 13.2 Å². The SMILES string of the molecule is CCOc1ccccc1OCC(=O)NNC(=O)C(C)NC(=O)c1cccc(C)c1. The van der Waals surface area contributed by atoms with Crippen LogP contribution in [0, 0.1) is 6.92 Å². The maximum atomic E-state index is 12.2. The van der Waals surface area contributed by atoms with Gasteiger partial charge < -0.3 is 14.8 Å². The molecule has 0 heterocycles. The van der Waals surface area contributed by atoms with Crippen molar-refractivity contribution in [1.82, 2.24) is 16.2 Å². The molecule has 2 aromatic rings. The van der Waals surface area contributed by atoms with Gasteiger partial charge in [-0.25, -0.2) is 0 Å². The van der Waals surface area contributed by atoms with Crippen molar-refractivity contribution in [2.24, 2.45) is 0 Å². The fourth-order valence-electron chi connectivity index (χ4n) is 2.39. The topological polar surface area (TPSA) is 106 Å². The van der Waals surface area contributed by atoms with Gasteiger partial charge in [0, 0.05) is 5.56 Å². The van der Waals surface area contributed by atoms with Crippen molar-refractivity contribution in [3.63, 3.8) is 0 Å². The van der Waals surface area contributed by atoms with Gasteiger partial charge in [0.1, 0.15) is 6.04 Å². The zero-order valence-electron chi connectivity index (χ0n) is 16.7. The highest BCUT2D eigenvalue weighted by molar-refractivity contribution is 5.97. The first-order chi connectivity index (χ1) is 13.9. The number of ether oxygens (including phenoxy) is 2. The number of para-hydroxylation sites is 2. The molecule has 2 aromatic carbocycles. The van der Waals surface area contributed by atoms with Crippen LogP contribution in [0.15, 0.2) is 48.5 Å². The summed E-state index contributed by atoms with van der Waals surface area (Å²) in [5.74, 6) is -0.539. The number of nitrogens with one attached hydrogen (secondary N) is 3. The molecule has 2 rings (SSSR count). The molecule has 0 radical (unpaired) electrons. The minimum absolute atomic E-state index is 0.311. The number of carbonyl (C=O) groups is 3. The number of hydrogen-bond acceptors (Lipinski definition) is 5. The van der Waals surface area contributed by atoms with Gasteiger partial charge in [-0.2, -0.15) is 0 Å². The molecule has 0 bridgehead atoms. The molecule has 0 aromatic heterocycles. The van der Waals surface area contributed by atoms with E-state index in [4.69, 9.17) is 9.47 Å². The van der Waals surface area contributed by atoms with Crippen molar-refractivity contribution in [3.8, 4) is 11.5 Å². The summed E-state index contributed by atoms with van der Waals surface area (Å²) in [5, 5.41) is 2.58. The summed E-state index contributed by atoms with van der Waals surface area (Å²) < 4.78 is 10.8. The highest BCUT2D eigenvalue weighted by Gasteiger charge is 2.17. The molecule has 29 heavy (non-hydrogen) atoms. The second kappa shape index (κ2) is 10.7. The molecule has 0 aliphatic heterocycles. The lowest BCUT2D eigenvalue weighted by Gasteiger charge is -2.15. The molecule has 3 N–H and O–H groups in total. The molecule has 0 saturated carbocycles. The number of amides is 3. The number of rotatable bonds is 8. The van der Waals surface area contributed by atoms with E-state index in [0.29, 0.717) is 23.7 Å². The van der Waals surface area contributed by atoms with Gasteiger partial charge in [0.25, 0.3) is 17.7 Å². The Morgan fingerprint density at radius 2 is 1.66 bits per heavy atom.